The van der Waals surface area contributed by atoms with Gasteiger partial charge in [0.05, 0.1) is 0 Å². The second-order valence-electron chi connectivity index (χ2n) is 3.08. The smallest absolute Gasteiger partial charge is 1.00 e. The van der Waals surface area contributed by atoms with Crippen molar-refractivity contribution in [2.75, 3.05) is 0 Å². The van der Waals surface area contributed by atoms with Gasteiger partial charge >= 0.3 is 34.4 Å². The molecule has 0 aliphatic carbocycles. The van der Waals surface area contributed by atoms with Crippen LogP contribution in [0.1, 0.15) is 19.6 Å². The SMILES string of the molecule is CCc1ncccc1C.F[P-](F)(F)(F)(F)F.[H+]. The molecule has 0 bridgehead atoms. The number of hydrogen-bond acceptors (Lipinski definition) is 1. The van der Waals surface area contributed by atoms with Crippen LogP contribution in [0.4, 0.5) is 25.2 Å². The van der Waals surface area contributed by atoms with Gasteiger partial charge in [-0.05, 0) is 25.0 Å². The zero-order valence-electron chi connectivity index (χ0n) is 9.60. The van der Waals surface area contributed by atoms with Gasteiger partial charge in [-0.15, -0.1) is 0 Å². The van der Waals surface area contributed by atoms with E-state index in [0.29, 0.717) is 0 Å². The maximum absolute atomic E-state index is 10.7. The first-order valence-electron chi connectivity index (χ1n) is 4.26. The van der Waals surface area contributed by atoms with Crippen molar-refractivity contribution in [3.63, 3.8) is 0 Å². The Balaban J connectivity index is 0. The third-order valence-corrected chi connectivity index (χ3v) is 1.45. The molecule has 0 aliphatic rings. The Labute approximate surface area is 90.2 Å². The van der Waals surface area contributed by atoms with Gasteiger partial charge in [-0.1, -0.05) is 13.0 Å². The second kappa shape index (κ2) is 3.87. The molecule has 96 valence electrons. The Bertz CT molecular complexity index is 351. The van der Waals surface area contributed by atoms with Gasteiger partial charge in [-0.25, -0.2) is 0 Å². The molecule has 16 heavy (non-hydrogen) atoms. The summed E-state index contributed by atoms with van der Waals surface area (Å²) in [4.78, 5) is 4.20. The first-order valence-corrected chi connectivity index (χ1v) is 6.29. The van der Waals surface area contributed by atoms with Crippen LogP contribution in [-0.4, -0.2) is 4.98 Å². The summed E-state index contributed by atoms with van der Waals surface area (Å²) in [5.41, 5.74) is 2.50. The maximum atomic E-state index is 9.87. The minimum Gasteiger partial charge on any atom is 1.00 e. The van der Waals surface area contributed by atoms with Crippen molar-refractivity contribution < 1.29 is 26.6 Å². The molecule has 1 aromatic rings. The van der Waals surface area contributed by atoms with Gasteiger partial charge in [0.25, 0.3) is 0 Å². The van der Waals surface area contributed by atoms with Crippen molar-refractivity contribution in [2.24, 2.45) is 0 Å². The van der Waals surface area contributed by atoms with E-state index in [1.165, 1.54) is 11.3 Å². The average molecular weight is 267 g/mol. The van der Waals surface area contributed by atoms with Crippen LogP contribution in [0, 0.1) is 6.92 Å². The summed E-state index contributed by atoms with van der Waals surface area (Å²) >= 11 is 0. The fourth-order valence-corrected chi connectivity index (χ4v) is 0.889. The van der Waals surface area contributed by atoms with Crippen molar-refractivity contribution in [3.8, 4) is 0 Å². The molecule has 0 N–H and O–H groups in total. The van der Waals surface area contributed by atoms with Crippen molar-refractivity contribution in [1.82, 2.24) is 4.98 Å². The number of aromatic nitrogens is 1. The van der Waals surface area contributed by atoms with Gasteiger partial charge in [0.1, 0.15) is 0 Å². The van der Waals surface area contributed by atoms with Crippen LogP contribution in [0.5, 0.6) is 0 Å². The number of nitrogens with zero attached hydrogens (tertiary/aromatic N) is 1. The van der Waals surface area contributed by atoms with Crippen LogP contribution in [0.3, 0.4) is 0 Å². The molecule has 0 aromatic carbocycles. The fraction of sp³-hybridized carbons (Fsp3) is 0.375. The third-order valence-electron chi connectivity index (χ3n) is 1.45. The van der Waals surface area contributed by atoms with Gasteiger partial charge in [0, 0.05) is 11.9 Å². The molecule has 0 radical (unpaired) electrons. The first kappa shape index (κ1) is 15.2. The second-order valence-corrected chi connectivity index (χ2v) is 5.00. The Morgan fingerprint density at radius 1 is 1.19 bits per heavy atom. The molecular formula is C8H12F6NP. The predicted octanol–water partition coefficient (Wildman–Crippen LogP) is 5.45. The van der Waals surface area contributed by atoms with E-state index < -0.39 is 7.81 Å². The molecule has 8 heteroatoms. The molecular weight excluding hydrogens is 255 g/mol. The van der Waals surface area contributed by atoms with Gasteiger partial charge in [-0.2, -0.15) is 0 Å². The van der Waals surface area contributed by atoms with Crippen molar-refractivity contribution in [3.05, 3.63) is 29.6 Å². The van der Waals surface area contributed by atoms with E-state index in [1.807, 2.05) is 12.3 Å². The largest absolute Gasteiger partial charge is 1.00 e. The summed E-state index contributed by atoms with van der Waals surface area (Å²) < 4.78 is 59.2. The summed E-state index contributed by atoms with van der Waals surface area (Å²) in [5, 5.41) is 0. The summed E-state index contributed by atoms with van der Waals surface area (Å²) in [6, 6.07) is 4.06. The zero-order chi connectivity index (χ0) is 13.1. The molecule has 1 rings (SSSR count). The Morgan fingerprint density at radius 2 is 1.62 bits per heavy atom. The topological polar surface area (TPSA) is 12.9 Å². The molecule has 0 unspecified atom stereocenters. The zero-order valence-corrected chi connectivity index (χ0v) is 9.50. The van der Waals surface area contributed by atoms with Gasteiger partial charge in [0.15, 0.2) is 0 Å². The van der Waals surface area contributed by atoms with Crippen LogP contribution < -0.4 is 0 Å². The number of hydrogen-bond donors (Lipinski definition) is 0. The Kier molecular flexibility index (Phi) is 3.67. The molecule has 1 nitrogen and oxygen atoms in total. The molecule has 0 saturated carbocycles. The number of pyridine rings is 1. The van der Waals surface area contributed by atoms with Gasteiger partial charge in [-0.3, -0.25) is 4.98 Å². The van der Waals surface area contributed by atoms with Crippen molar-refractivity contribution >= 4 is 7.81 Å². The van der Waals surface area contributed by atoms with Crippen LogP contribution >= 0.6 is 7.81 Å². The fourth-order valence-electron chi connectivity index (χ4n) is 0.889. The molecule has 0 spiro atoms. The molecule has 1 heterocycles. The molecule has 0 amide bonds. The standard InChI is InChI=1S/C8H11N.F6P/c1-3-8-7(2)5-4-6-9-8;1-7(2,3,4,5)6/h4-6H,3H2,1-2H3;/q;-1/p+1. The van der Waals surface area contributed by atoms with Crippen LogP contribution in [0.25, 0.3) is 0 Å². The molecule has 0 fully saturated rings. The summed E-state index contributed by atoms with van der Waals surface area (Å²) in [5.74, 6) is 0. The van der Waals surface area contributed by atoms with Gasteiger partial charge < -0.3 is 0 Å². The van der Waals surface area contributed by atoms with Crippen LogP contribution in [0.2, 0.25) is 0 Å². The number of halogens is 6. The number of rotatable bonds is 1. The predicted molar refractivity (Wildman–Crippen MR) is 53.0 cm³/mol. The van der Waals surface area contributed by atoms with Gasteiger partial charge in [0.2, 0.25) is 0 Å². The first-order chi connectivity index (χ1) is 6.79. The Hall–Kier alpha value is -0.840. The Morgan fingerprint density at radius 3 is 1.88 bits per heavy atom. The minimum absolute atomic E-state index is 0. The normalized spacial score (nSPS) is 15.5. The minimum atomic E-state index is -10.7. The summed E-state index contributed by atoms with van der Waals surface area (Å²) in [6.07, 6.45) is 2.87. The van der Waals surface area contributed by atoms with E-state index in [4.69, 9.17) is 0 Å². The van der Waals surface area contributed by atoms with Crippen molar-refractivity contribution in [1.29, 1.82) is 0 Å². The third kappa shape index (κ3) is 13.2. The van der Waals surface area contributed by atoms with Crippen LogP contribution in [0.15, 0.2) is 18.3 Å². The molecule has 0 aliphatic heterocycles. The average Bonchev–Trinajstić information content (AvgIpc) is 1.99. The van der Waals surface area contributed by atoms with E-state index in [1.54, 1.807) is 0 Å². The van der Waals surface area contributed by atoms with E-state index in [2.05, 4.69) is 24.9 Å². The van der Waals surface area contributed by atoms with E-state index >= 15 is 0 Å². The van der Waals surface area contributed by atoms with E-state index in [-0.39, 0.29) is 1.43 Å². The monoisotopic (exact) mass is 267 g/mol. The molecule has 0 atom stereocenters. The molecule has 1 aromatic heterocycles. The van der Waals surface area contributed by atoms with Crippen molar-refractivity contribution in [2.45, 2.75) is 20.3 Å². The van der Waals surface area contributed by atoms with E-state index in [9.17, 15) is 25.2 Å². The van der Waals surface area contributed by atoms with Crippen LogP contribution in [-0.2, 0) is 6.42 Å². The number of aryl methyl sites for hydroxylation is 2. The molecule has 0 saturated heterocycles. The maximum Gasteiger partial charge on any atom is 1.00 e. The summed E-state index contributed by atoms with van der Waals surface area (Å²) in [6.45, 7) is 4.21. The quantitative estimate of drug-likeness (QED) is 0.487. The van der Waals surface area contributed by atoms with E-state index in [0.717, 1.165) is 6.42 Å². The summed E-state index contributed by atoms with van der Waals surface area (Å²) in [7, 11) is -10.7.